The molecule has 0 aliphatic rings. The number of anilines is 1. The number of hydrogen-bond donors (Lipinski definition) is 1. The summed E-state index contributed by atoms with van der Waals surface area (Å²) in [6.07, 6.45) is 0. The highest BCUT2D eigenvalue weighted by Crippen LogP contribution is 2.32. The third-order valence-electron chi connectivity index (χ3n) is 4.44. The molecule has 0 unspecified atom stereocenters. The van der Waals surface area contributed by atoms with E-state index in [1.165, 1.54) is 30.0 Å². The van der Waals surface area contributed by atoms with E-state index in [2.05, 4.69) is 15.3 Å². The van der Waals surface area contributed by atoms with Gasteiger partial charge in [0.05, 0.1) is 5.75 Å². The predicted molar refractivity (Wildman–Crippen MR) is 128 cm³/mol. The van der Waals surface area contributed by atoms with Gasteiger partial charge in [0, 0.05) is 16.9 Å². The Morgan fingerprint density at radius 2 is 1.81 bits per heavy atom. The minimum Gasteiger partial charge on any atom is -0.325 e. The Balaban J connectivity index is 1.55. The molecule has 0 saturated heterocycles. The van der Waals surface area contributed by atoms with Crippen molar-refractivity contribution >= 4 is 63.0 Å². The molecule has 0 radical (unpaired) electrons. The van der Waals surface area contributed by atoms with E-state index in [0.29, 0.717) is 21.0 Å². The molecule has 0 fully saturated rings. The number of thiazole rings is 1. The van der Waals surface area contributed by atoms with E-state index in [1.54, 1.807) is 24.3 Å². The number of rotatable bonds is 6. The molecule has 2 aromatic heterocycles. The number of benzene rings is 2. The van der Waals surface area contributed by atoms with Gasteiger partial charge >= 0.3 is 0 Å². The molecule has 0 saturated carbocycles. The van der Waals surface area contributed by atoms with E-state index < -0.39 is 0 Å². The van der Waals surface area contributed by atoms with E-state index in [1.807, 2.05) is 41.8 Å². The Labute approximate surface area is 192 Å². The molecule has 0 aliphatic heterocycles. The van der Waals surface area contributed by atoms with Crippen LogP contribution in [0.25, 0.3) is 16.0 Å². The zero-order valence-corrected chi connectivity index (χ0v) is 19.2. The van der Waals surface area contributed by atoms with Crippen molar-refractivity contribution in [3.8, 4) is 5.69 Å². The van der Waals surface area contributed by atoms with E-state index in [9.17, 15) is 9.59 Å². The number of ketones is 1. The van der Waals surface area contributed by atoms with Crippen LogP contribution in [-0.2, 0) is 4.79 Å². The molecule has 2 aromatic carbocycles. The van der Waals surface area contributed by atoms with Crippen molar-refractivity contribution in [2.45, 2.75) is 18.9 Å². The van der Waals surface area contributed by atoms with Crippen LogP contribution in [0.1, 0.15) is 23.1 Å². The Morgan fingerprint density at radius 1 is 1.10 bits per heavy atom. The zero-order valence-electron chi connectivity index (χ0n) is 16.8. The molecule has 1 N–H and O–H groups in total. The van der Waals surface area contributed by atoms with Gasteiger partial charge < -0.3 is 5.32 Å². The summed E-state index contributed by atoms with van der Waals surface area (Å²) in [4.78, 5) is 33.0. The highest BCUT2D eigenvalue weighted by atomic mass is 32.2. The normalized spacial score (nSPS) is 10.9. The number of carbonyl (C=O) groups is 2. The molecule has 0 spiro atoms. The van der Waals surface area contributed by atoms with Gasteiger partial charge in [0.25, 0.3) is 0 Å². The molecular formula is C22H18N4O2S3. The Morgan fingerprint density at radius 3 is 2.48 bits per heavy atom. The van der Waals surface area contributed by atoms with Crippen molar-refractivity contribution in [1.29, 1.82) is 0 Å². The first-order valence-corrected chi connectivity index (χ1v) is 11.6. The van der Waals surface area contributed by atoms with Gasteiger partial charge in [-0.25, -0.2) is 9.97 Å². The maximum Gasteiger partial charge on any atom is 0.234 e. The molecule has 4 rings (SSSR count). The van der Waals surface area contributed by atoms with Gasteiger partial charge in [0.2, 0.25) is 5.91 Å². The summed E-state index contributed by atoms with van der Waals surface area (Å²) in [5, 5.41) is 3.58. The summed E-state index contributed by atoms with van der Waals surface area (Å²) >= 11 is 8.38. The number of amides is 1. The average molecular weight is 467 g/mol. The third-order valence-corrected chi connectivity index (χ3v) is 6.92. The van der Waals surface area contributed by atoms with Crippen molar-refractivity contribution in [3.63, 3.8) is 0 Å². The summed E-state index contributed by atoms with van der Waals surface area (Å²) < 4.78 is 3.48. The fourth-order valence-electron chi connectivity index (χ4n) is 3.00. The summed E-state index contributed by atoms with van der Waals surface area (Å²) in [5.41, 5.74) is 2.94. The van der Waals surface area contributed by atoms with Crippen LogP contribution in [0.15, 0.2) is 59.6 Å². The largest absolute Gasteiger partial charge is 0.325 e. The van der Waals surface area contributed by atoms with Crippen molar-refractivity contribution in [1.82, 2.24) is 14.5 Å². The maximum absolute atomic E-state index is 12.5. The van der Waals surface area contributed by atoms with E-state index in [0.717, 1.165) is 21.1 Å². The molecule has 6 nitrogen and oxygen atoms in total. The number of aromatic nitrogens is 3. The first-order valence-electron chi connectivity index (χ1n) is 9.41. The molecule has 9 heteroatoms. The highest BCUT2D eigenvalue weighted by molar-refractivity contribution is 8.00. The number of aryl methyl sites for hydroxylation is 1. The van der Waals surface area contributed by atoms with Gasteiger partial charge in [-0.2, -0.15) is 0 Å². The van der Waals surface area contributed by atoms with Crippen molar-refractivity contribution < 1.29 is 9.59 Å². The fourth-order valence-corrected chi connectivity index (χ4v) is 5.33. The lowest BCUT2D eigenvalue weighted by Crippen LogP contribution is -2.14. The third kappa shape index (κ3) is 4.73. The number of thioether (sulfide) groups is 1. The summed E-state index contributed by atoms with van der Waals surface area (Å²) in [7, 11) is 0. The van der Waals surface area contributed by atoms with Gasteiger partial charge in [-0.3, -0.25) is 14.2 Å². The first kappa shape index (κ1) is 21.4. The molecular weight excluding hydrogens is 448 g/mol. The molecule has 4 aromatic rings. The van der Waals surface area contributed by atoms with Crippen LogP contribution in [0, 0.1) is 10.9 Å². The lowest BCUT2D eigenvalue weighted by Gasteiger charge is -2.07. The number of para-hydroxylation sites is 1. The Kier molecular flexibility index (Phi) is 6.26. The van der Waals surface area contributed by atoms with Crippen LogP contribution in [0.5, 0.6) is 0 Å². The van der Waals surface area contributed by atoms with Crippen molar-refractivity contribution in [3.05, 3.63) is 69.9 Å². The smallest absolute Gasteiger partial charge is 0.234 e. The van der Waals surface area contributed by atoms with Crippen LogP contribution in [0.4, 0.5) is 5.69 Å². The molecule has 2 heterocycles. The quantitative estimate of drug-likeness (QED) is 0.176. The van der Waals surface area contributed by atoms with Gasteiger partial charge in [-0.1, -0.05) is 41.3 Å². The zero-order chi connectivity index (χ0) is 22.0. The Hall–Kier alpha value is -2.88. The molecule has 156 valence electrons. The minimum absolute atomic E-state index is 0.0126. The van der Waals surface area contributed by atoms with Crippen LogP contribution in [-0.4, -0.2) is 32.0 Å². The standard InChI is InChI=1S/C22H18N4O2S3/c1-13(27)15-8-10-16(11-9-15)25-18(28)12-30-21-19-20(23-14(2)24-21)26(22(29)31-19)17-6-4-3-5-7-17/h3-11H,12H2,1-2H3,(H,25,28). The lowest BCUT2D eigenvalue weighted by molar-refractivity contribution is -0.113. The number of Topliss-reactive ketones (excluding diaryl/α,β-unsaturated/α-hetero) is 1. The van der Waals surface area contributed by atoms with Crippen molar-refractivity contribution in [2.75, 3.05) is 11.1 Å². The maximum atomic E-state index is 12.5. The van der Waals surface area contributed by atoms with Gasteiger partial charge in [0.15, 0.2) is 15.4 Å². The second-order valence-electron chi connectivity index (χ2n) is 6.74. The molecule has 31 heavy (non-hydrogen) atoms. The number of nitrogens with zero attached hydrogens (tertiary/aromatic N) is 3. The van der Waals surface area contributed by atoms with Gasteiger partial charge in [-0.15, -0.1) is 0 Å². The Bertz CT molecular complexity index is 1330. The van der Waals surface area contributed by atoms with Gasteiger partial charge in [0.1, 0.15) is 15.6 Å². The SMILES string of the molecule is CC(=O)c1ccc(NC(=O)CSc2nc(C)nc3c2sc(=S)n3-c2ccccc2)cc1. The number of hydrogen-bond acceptors (Lipinski definition) is 7. The van der Waals surface area contributed by atoms with Crippen molar-refractivity contribution in [2.24, 2.45) is 0 Å². The summed E-state index contributed by atoms with van der Waals surface area (Å²) in [6, 6.07) is 16.7. The molecule has 1 amide bonds. The number of nitrogens with one attached hydrogen (secondary N) is 1. The first-order chi connectivity index (χ1) is 14.9. The monoisotopic (exact) mass is 466 g/mol. The number of fused-ring (bicyclic) bond motifs is 1. The second-order valence-corrected chi connectivity index (χ2v) is 9.35. The highest BCUT2D eigenvalue weighted by Gasteiger charge is 2.16. The predicted octanol–water partition coefficient (Wildman–Crippen LogP) is 5.45. The fraction of sp³-hybridized carbons (Fsp3) is 0.136. The summed E-state index contributed by atoms with van der Waals surface area (Å²) in [5.74, 6) is 0.640. The average Bonchev–Trinajstić information content (AvgIpc) is 3.08. The van der Waals surface area contributed by atoms with E-state index in [-0.39, 0.29) is 17.4 Å². The number of carbonyl (C=O) groups excluding carboxylic acids is 2. The van der Waals surface area contributed by atoms with E-state index in [4.69, 9.17) is 12.2 Å². The lowest BCUT2D eigenvalue weighted by atomic mass is 10.1. The second kappa shape index (κ2) is 9.09. The van der Waals surface area contributed by atoms with Crippen LogP contribution in [0.3, 0.4) is 0 Å². The van der Waals surface area contributed by atoms with Crippen LogP contribution < -0.4 is 5.32 Å². The molecule has 0 bridgehead atoms. The summed E-state index contributed by atoms with van der Waals surface area (Å²) in [6.45, 7) is 3.34. The van der Waals surface area contributed by atoms with Crippen LogP contribution >= 0.6 is 35.3 Å². The molecule has 0 atom stereocenters. The minimum atomic E-state index is -0.156. The topological polar surface area (TPSA) is 76.9 Å². The molecule has 0 aliphatic carbocycles. The van der Waals surface area contributed by atoms with E-state index >= 15 is 0 Å². The van der Waals surface area contributed by atoms with Gasteiger partial charge in [-0.05, 0) is 62.5 Å². The van der Waals surface area contributed by atoms with Crippen LogP contribution in [0.2, 0.25) is 0 Å².